The minimum Gasteiger partial charge on any atom is -0.393 e. The molecule has 0 radical (unpaired) electrons. The Morgan fingerprint density at radius 3 is 2.80 bits per heavy atom. The van der Waals surface area contributed by atoms with E-state index in [0.29, 0.717) is 0 Å². The first-order chi connectivity index (χ1) is 4.81. The van der Waals surface area contributed by atoms with Crippen molar-refractivity contribution in [3.05, 3.63) is 0 Å². The van der Waals surface area contributed by atoms with Crippen LogP contribution in [-0.2, 0) is 4.74 Å². The van der Waals surface area contributed by atoms with E-state index in [-0.39, 0.29) is 11.7 Å². The molecule has 1 heterocycles. The summed E-state index contributed by atoms with van der Waals surface area (Å²) < 4.78 is 5.55. The van der Waals surface area contributed by atoms with Crippen LogP contribution >= 0.6 is 0 Å². The minimum atomic E-state index is -0.111. The first-order valence-electron chi connectivity index (χ1n) is 3.84. The molecule has 0 aromatic carbocycles. The molecule has 0 unspecified atom stereocenters. The van der Waals surface area contributed by atoms with Crippen LogP contribution in [0.15, 0.2) is 0 Å². The summed E-state index contributed by atoms with van der Waals surface area (Å²) in [6, 6.07) is 0. The summed E-state index contributed by atoms with van der Waals surface area (Å²) in [4.78, 5) is 0. The number of rotatable bonds is 0. The smallest absolute Gasteiger partial charge is 0.0856 e. The molecule has 3 nitrogen and oxygen atoms in total. The monoisotopic (exact) mass is 143 g/mol. The molecule has 1 aliphatic carbocycles. The number of nitrogens with one attached hydrogen (secondary N) is 1. The molecular formula is C7H13NO2. The Hall–Kier alpha value is -0.120. The van der Waals surface area contributed by atoms with Gasteiger partial charge in [0.25, 0.3) is 0 Å². The maximum absolute atomic E-state index is 9.06. The lowest BCUT2D eigenvalue weighted by Crippen LogP contribution is -2.59. The number of hydrogen-bond acceptors (Lipinski definition) is 3. The summed E-state index contributed by atoms with van der Waals surface area (Å²) >= 11 is 0. The summed E-state index contributed by atoms with van der Waals surface area (Å²) in [5, 5.41) is 12.3. The van der Waals surface area contributed by atoms with Gasteiger partial charge in [-0.25, -0.2) is 0 Å². The van der Waals surface area contributed by atoms with Crippen LogP contribution in [0.3, 0.4) is 0 Å². The van der Waals surface area contributed by atoms with Crippen molar-refractivity contribution in [2.45, 2.75) is 24.5 Å². The van der Waals surface area contributed by atoms with Gasteiger partial charge < -0.3 is 15.2 Å². The first-order valence-corrected chi connectivity index (χ1v) is 3.84. The lowest BCUT2D eigenvalue weighted by molar-refractivity contribution is -0.165. The Morgan fingerprint density at radius 2 is 2.30 bits per heavy atom. The van der Waals surface area contributed by atoms with Crippen molar-refractivity contribution in [1.82, 2.24) is 5.32 Å². The fourth-order valence-electron chi connectivity index (χ4n) is 1.77. The standard InChI is InChI=1S/C7H13NO2/c9-6-3-7(4-6)5-8-1-2-10-7/h6,8-9H,1-5H2. The molecule has 58 valence electrons. The van der Waals surface area contributed by atoms with Gasteiger partial charge in [-0.2, -0.15) is 0 Å². The first kappa shape index (κ1) is 6.58. The van der Waals surface area contributed by atoms with E-state index in [1.165, 1.54) is 0 Å². The zero-order valence-electron chi connectivity index (χ0n) is 5.97. The third-order valence-electron chi connectivity index (χ3n) is 2.35. The number of aliphatic hydroxyl groups is 1. The molecular weight excluding hydrogens is 130 g/mol. The Kier molecular flexibility index (Phi) is 1.44. The molecule has 2 rings (SSSR count). The van der Waals surface area contributed by atoms with E-state index in [4.69, 9.17) is 9.84 Å². The molecule has 0 bridgehead atoms. The second kappa shape index (κ2) is 2.19. The minimum absolute atomic E-state index is 0.0116. The van der Waals surface area contributed by atoms with Crippen molar-refractivity contribution < 1.29 is 9.84 Å². The number of aliphatic hydroxyl groups excluding tert-OH is 1. The summed E-state index contributed by atoms with van der Waals surface area (Å²) in [5.74, 6) is 0. The Bertz CT molecular complexity index is 116. The van der Waals surface area contributed by atoms with Gasteiger partial charge in [0, 0.05) is 25.9 Å². The van der Waals surface area contributed by atoms with Crippen LogP contribution in [0.1, 0.15) is 12.8 Å². The van der Waals surface area contributed by atoms with E-state index >= 15 is 0 Å². The Morgan fingerprint density at radius 1 is 1.50 bits per heavy atom. The van der Waals surface area contributed by atoms with Gasteiger partial charge in [0.05, 0.1) is 18.3 Å². The Balaban J connectivity index is 1.90. The van der Waals surface area contributed by atoms with Crippen molar-refractivity contribution in [2.24, 2.45) is 0 Å². The van der Waals surface area contributed by atoms with E-state index in [2.05, 4.69) is 5.32 Å². The van der Waals surface area contributed by atoms with Crippen LogP contribution in [0.25, 0.3) is 0 Å². The predicted molar refractivity (Wildman–Crippen MR) is 36.8 cm³/mol. The highest BCUT2D eigenvalue weighted by Gasteiger charge is 2.45. The van der Waals surface area contributed by atoms with E-state index in [1.807, 2.05) is 0 Å². The van der Waals surface area contributed by atoms with Crippen LogP contribution in [0.2, 0.25) is 0 Å². The fourth-order valence-corrected chi connectivity index (χ4v) is 1.77. The van der Waals surface area contributed by atoms with Crippen LogP contribution < -0.4 is 5.32 Å². The molecule has 2 fully saturated rings. The maximum atomic E-state index is 9.06. The summed E-state index contributed by atoms with van der Waals surface area (Å²) in [6.07, 6.45) is 1.53. The molecule has 2 aliphatic rings. The molecule has 3 heteroatoms. The molecule has 0 aromatic rings. The zero-order chi connectivity index (χ0) is 7.03. The highest BCUT2D eigenvalue weighted by atomic mass is 16.5. The lowest BCUT2D eigenvalue weighted by atomic mass is 9.77. The topological polar surface area (TPSA) is 41.5 Å². The third-order valence-corrected chi connectivity index (χ3v) is 2.35. The average molecular weight is 143 g/mol. The molecule has 0 atom stereocenters. The van der Waals surface area contributed by atoms with Gasteiger partial charge >= 0.3 is 0 Å². The van der Waals surface area contributed by atoms with Crippen molar-refractivity contribution >= 4 is 0 Å². The van der Waals surface area contributed by atoms with Crippen molar-refractivity contribution in [3.8, 4) is 0 Å². The van der Waals surface area contributed by atoms with Gasteiger partial charge in [-0.3, -0.25) is 0 Å². The van der Waals surface area contributed by atoms with Crippen LogP contribution in [0.4, 0.5) is 0 Å². The molecule has 1 saturated heterocycles. The molecule has 0 amide bonds. The predicted octanol–water partition coefficient (Wildman–Crippen LogP) is -0.500. The molecule has 1 saturated carbocycles. The summed E-state index contributed by atoms with van der Waals surface area (Å²) in [7, 11) is 0. The average Bonchev–Trinajstić information content (AvgIpc) is 1.87. The molecule has 1 aliphatic heterocycles. The number of hydrogen-bond donors (Lipinski definition) is 2. The molecule has 2 N–H and O–H groups in total. The van der Waals surface area contributed by atoms with E-state index < -0.39 is 0 Å². The molecule has 1 spiro atoms. The Labute approximate surface area is 60.4 Å². The fraction of sp³-hybridized carbons (Fsp3) is 1.00. The SMILES string of the molecule is OC1CC2(CNCCO2)C1. The summed E-state index contributed by atoms with van der Waals surface area (Å²) in [6.45, 7) is 2.68. The van der Waals surface area contributed by atoms with Gasteiger partial charge in [-0.1, -0.05) is 0 Å². The van der Waals surface area contributed by atoms with Crippen LogP contribution in [-0.4, -0.2) is 36.5 Å². The molecule has 0 aromatic heterocycles. The number of morpholine rings is 1. The zero-order valence-corrected chi connectivity index (χ0v) is 5.97. The van der Waals surface area contributed by atoms with Gasteiger partial charge in [-0.15, -0.1) is 0 Å². The van der Waals surface area contributed by atoms with Crippen molar-refractivity contribution in [1.29, 1.82) is 0 Å². The number of ether oxygens (including phenoxy) is 1. The second-order valence-electron chi connectivity index (χ2n) is 3.27. The largest absolute Gasteiger partial charge is 0.393 e. The molecule has 10 heavy (non-hydrogen) atoms. The quantitative estimate of drug-likeness (QED) is 0.480. The van der Waals surface area contributed by atoms with Gasteiger partial charge in [0.1, 0.15) is 0 Å². The van der Waals surface area contributed by atoms with Crippen molar-refractivity contribution in [2.75, 3.05) is 19.7 Å². The van der Waals surface area contributed by atoms with E-state index in [9.17, 15) is 0 Å². The lowest BCUT2D eigenvalue weighted by Gasteiger charge is -2.47. The second-order valence-corrected chi connectivity index (χ2v) is 3.27. The normalized spacial score (nSPS) is 47.1. The van der Waals surface area contributed by atoms with E-state index in [1.54, 1.807) is 0 Å². The van der Waals surface area contributed by atoms with E-state index in [0.717, 1.165) is 32.5 Å². The van der Waals surface area contributed by atoms with Crippen LogP contribution in [0, 0.1) is 0 Å². The van der Waals surface area contributed by atoms with Gasteiger partial charge in [0.2, 0.25) is 0 Å². The van der Waals surface area contributed by atoms with Crippen molar-refractivity contribution in [3.63, 3.8) is 0 Å². The van der Waals surface area contributed by atoms with Gasteiger partial charge in [0.15, 0.2) is 0 Å². The van der Waals surface area contributed by atoms with Gasteiger partial charge in [-0.05, 0) is 0 Å². The highest BCUT2D eigenvalue weighted by Crippen LogP contribution is 2.36. The maximum Gasteiger partial charge on any atom is 0.0856 e. The summed E-state index contributed by atoms with van der Waals surface area (Å²) in [5.41, 5.74) is 0.0116. The highest BCUT2D eigenvalue weighted by molar-refractivity contribution is 4.99. The third kappa shape index (κ3) is 0.944. The van der Waals surface area contributed by atoms with Crippen LogP contribution in [0.5, 0.6) is 0 Å².